The van der Waals surface area contributed by atoms with E-state index in [0.29, 0.717) is 0 Å². The maximum Gasteiger partial charge on any atom is 0.0547 e. The Balaban J connectivity index is 1.12. The number of nitrogens with zero attached hydrogens (tertiary/aromatic N) is 6. The first kappa shape index (κ1) is 33.9. The smallest absolute Gasteiger partial charge is 0.0547 e. The van der Waals surface area contributed by atoms with Crippen LogP contribution in [0.1, 0.15) is 0 Å². The van der Waals surface area contributed by atoms with Gasteiger partial charge in [0.2, 0.25) is 0 Å². The highest BCUT2D eigenvalue weighted by molar-refractivity contribution is 6.18. The highest BCUT2D eigenvalue weighted by atomic mass is 15.0. The summed E-state index contributed by atoms with van der Waals surface area (Å²) in [7, 11) is 0. The largest absolute Gasteiger partial charge is 0.309 e. The second-order valence-corrected chi connectivity index (χ2v) is 15.3. The quantitative estimate of drug-likeness (QED) is 0.169. The van der Waals surface area contributed by atoms with Crippen LogP contribution in [0.2, 0.25) is 0 Å². The predicted octanol–water partition coefficient (Wildman–Crippen LogP) is 13.3. The Hall–Kier alpha value is -8.22. The number of fused-ring (bicyclic) bond motifs is 7. The first-order valence-electron chi connectivity index (χ1n) is 20.1. The molecule has 0 spiro atoms. The third kappa shape index (κ3) is 5.57. The molecular weight excluding hydrogens is 733 g/mol. The van der Waals surface area contributed by atoms with E-state index in [4.69, 9.17) is 0 Å². The van der Waals surface area contributed by atoms with Crippen LogP contribution in [-0.4, -0.2) is 29.1 Å². The van der Waals surface area contributed by atoms with Crippen LogP contribution < -0.4 is 0 Å². The van der Waals surface area contributed by atoms with Gasteiger partial charge in [-0.3, -0.25) is 19.9 Å². The highest BCUT2D eigenvalue weighted by Crippen LogP contribution is 2.41. The Kier molecular flexibility index (Phi) is 7.74. The van der Waals surface area contributed by atoms with Gasteiger partial charge in [-0.15, -0.1) is 0 Å². The summed E-state index contributed by atoms with van der Waals surface area (Å²) in [6.45, 7) is 0. The molecule has 0 radical (unpaired) electrons. The minimum atomic E-state index is 1.06. The fourth-order valence-corrected chi connectivity index (χ4v) is 9.02. The zero-order chi connectivity index (χ0) is 39.6. The Morgan fingerprint density at radius 1 is 0.267 bits per heavy atom. The third-order valence-electron chi connectivity index (χ3n) is 11.8. The Morgan fingerprint density at radius 3 is 0.950 bits per heavy atom. The first-order valence-corrected chi connectivity index (χ1v) is 20.1. The van der Waals surface area contributed by atoms with Crippen molar-refractivity contribution < 1.29 is 0 Å². The van der Waals surface area contributed by atoms with Gasteiger partial charge in [0.05, 0.1) is 22.1 Å². The lowest BCUT2D eigenvalue weighted by atomic mass is 9.99. The van der Waals surface area contributed by atoms with Crippen molar-refractivity contribution in [1.29, 1.82) is 0 Å². The molecule has 12 aromatic rings. The molecule has 0 saturated heterocycles. The SMILES string of the molecule is c1cncc(-c2cc(-c3cccnc3)cc(-n3c4ccccc4c4cc5cc6c(cc5cc43)c3ccccc3n6-c3cc(-c4cccnc4)cc(-c4cccnc4)c3)c2)c1. The fraction of sp³-hybridized carbons (Fsp3) is 0. The van der Waals surface area contributed by atoms with E-state index in [1.165, 1.54) is 32.3 Å². The van der Waals surface area contributed by atoms with Crippen molar-refractivity contribution in [3.63, 3.8) is 0 Å². The summed E-state index contributed by atoms with van der Waals surface area (Å²) in [5, 5.41) is 7.17. The summed E-state index contributed by atoms with van der Waals surface area (Å²) < 4.78 is 4.84. The van der Waals surface area contributed by atoms with Gasteiger partial charge < -0.3 is 9.13 Å². The van der Waals surface area contributed by atoms with Gasteiger partial charge in [0.15, 0.2) is 0 Å². The molecule has 0 N–H and O–H groups in total. The second kappa shape index (κ2) is 13.7. The molecule has 6 aromatic heterocycles. The number of para-hydroxylation sites is 2. The van der Waals surface area contributed by atoms with Crippen LogP contribution in [0.25, 0.3) is 110 Å². The van der Waals surface area contributed by atoms with Gasteiger partial charge in [-0.05, 0) is 130 Å². The van der Waals surface area contributed by atoms with Crippen LogP contribution in [0.15, 0.2) is 207 Å². The summed E-state index contributed by atoms with van der Waals surface area (Å²) in [6, 6.07) is 57.0. The molecule has 0 saturated carbocycles. The van der Waals surface area contributed by atoms with Crippen LogP contribution in [0.5, 0.6) is 0 Å². The summed E-state index contributed by atoms with van der Waals surface area (Å²) in [6.07, 6.45) is 15.0. The monoisotopic (exact) mass is 766 g/mol. The summed E-state index contributed by atoms with van der Waals surface area (Å²) in [5.74, 6) is 0. The molecular formula is C54H34N6. The van der Waals surface area contributed by atoms with Crippen molar-refractivity contribution in [2.75, 3.05) is 0 Å². The van der Waals surface area contributed by atoms with Crippen LogP contribution in [0.3, 0.4) is 0 Å². The van der Waals surface area contributed by atoms with Crippen LogP contribution >= 0.6 is 0 Å². The maximum atomic E-state index is 4.47. The van der Waals surface area contributed by atoms with E-state index in [1.807, 2.05) is 73.8 Å². The van der Waals surface area contributed by atoms with E-state index in [1.54, 1.807) is 0 Å². The molecule has 280 valence electrons. The lowest BCUT2D eigenvalue weighted by Gasteiger charge is -2.14. The molecule has 0 atom stereocenters. The maximum absolute atomic E-state index is 4.47. The Labute approximate surface area is 345 Å². The summed E-state index contributed by atoms with van der Waals surface area (Å²) >= 11 is 0. The number of pyridine rings is 4. The standard InChI is InChI=1S/C54H34N6/c1-3-15-51-47(13-1)49-27-43-30-54-50(28-44(43)29-53(49)59(51)45-23-39(35-9-5-17-55-31-35)21-40(24-45)36-10-6-18-56-32-36)48-14-2-4-16-52(48)60(54)46-25-41(37-11-7-19-57-33-37)22-42(26-46)38-12-8-20-58-34-38/h1-34H. The molecule has 6 heterocycles. The van der Waals surface area contributed by atoms with Crippen molar-refractivity contribution >= 4 is 54.4 Å². The van der Waals surface area contributed by atoms with Crippen LogP contribution in [-0.2, 0) is 0 Å². The normalized spacial score (nSPS) is 11.7. The molecule has 60 heavy (non-hydrogen) atoms. The van der Waals surface area contributed by atoms with Gasteiger partial charge in [0, 0.05) is 105 Å². The zero-order valence-corrected chi connectivity index (χ0v) is 32.3. The van der Waals surface area contributed by atoms with E-state index in [2.05, 4.69) is 163 Å². The molecule has 12 rings (SSSR count). The number of benzene rings is 6. The minimum absolute atomic E-state index is 1.06. The van der Waals surface area contributed by atoms with Crippen LogP contribution in [0, 0.1) is 0 Å². The van der Waals surface area contributed by atoms with E-state index >= 15 is 0 Å². The molecule has 0 fully saturated rings. The van der Waals surface area contributed by atoms with E-state index in [9.17, 15) is 0 Å². The molecule has 0 bridgehead atoms. The van der Waals surface area contributed by atoms with Gasteiger partial charge in [-0.2, -0.15) is 0 Å². The van der Waals surface area contributed by atoms with Gasteiger partial charge in [0.25, 0.3) is 0 Å². The van der Waals surface area contributed by atoms with E-state index in [0.717, 1.165) is 77.9 Å². The first-order chi connectivity index (χ1) is 29.7. The second-order valence-electron chi connectivity index (χ2n) is 15.3. The van der Waals surface area contributed by atoms with Gasteiger partial charge in [0.1, 0.15) is 0 Å². The highest BCUT2D eigenvalue weighted by Gasteiger charge is 2.19. The van der Waals surface area contributed by atoms with Gasteiger partial charge >= 0.3 is 0 Å². The Morgan fingerprint density at radius 2 is 0.617 bits per heavy atom. The van der Waals surface area contributed by atoms with Gasteiger partial charge in [-0.1, -0.05) is 60.7 Å². The van der Waals surface area contributed by atoms with Gasteiger partial charge in [-0.25, -0.2) is 0 Å². The van der Waals surface area contributed by atoms with E-state index < -0.39 is 0 Å². The molecule has 0 aliphatic heterocycles. The predicted molar refractivity (Wildman–Crippen MR) is 246 cm³/mol. The van der Waals surface area contributed by atoms with Crippen molar-refractivity contribution in [3.05, 3.63) is 207 Å². The summed E-state index contributed by atoms with van der Waals surface area (Å²) in [5.41, 5.74) is 15.4. The van der Waals surface area contributed by atoms with Crippen molar-refractivity contribution in [2.24, 2.45) is 0 Å². The van der Waals surface area contributed by atoms with E-state index in [-0.39, 0.29) is 0 Å². The molecule has 0 aliphatic carbocycles. The number of aromatic nitrogens is 6. The number of hydrogen-bond acceptors (Lipinski definition) is 4. The zero-order valence-electron chi connectivity index (χ0n) is 32.3. The average molecular weight is 767 g/mol. The lowest BCUT2D eigenvalue weighted by molar-refractivity contribution is 1.18. The van der Waals surface area contributed by atoms with Crippen molar-refractivity contribution in [2.45, 2.75) is 0 Å². The number of hydrogen-bond donors (Lipinski definition) is 0. The molecule has 0 amide bonds. The topological polar surface area (TPSA) is 61.4 Å². The summed E-state index contributed by atoms with van der Waals surface area (Å²) in [4.78, 5) is 17.9. The minimum Gasteiger partial charge on any atom is -0.309 e. The molecule has 6 aromatic carbocycles. The molecule has 6 heteroatoms. The fourth-order valence-electron chi connectivity index (χ4n) is 9.02. The average Bonchev–Trinajstić information content (AvgIpc) is 3.82. The number of rotatable bonds is 6. The molecule has 0 unspecified atom stereocenters. The molecule has 6 nitrogen and oxygen atoms in total. The van der Waals surface area contributed by atoms with Crippen molar-refractivity contribution in [1.82, 2.24) is 29.1 Å². The Bertz CT molecular complexity index is 3220. The van der Waals surface area contributed by atoms with Crippen LogP contribution in [0.4, 0.5) is 0 Å². The molecule has 0 aliphatic rings. The lowest BCUT2D eigenvalue weighted by Crippen LogP contribution is -1.97. The van der Waals surface area contributed by atoms with Crippen molar-refractivity contribution in [3.8, 4) is 55.9 Å². The third-order valence-corrected chi connectivity index (χ3v) is 11.8.